The molecule has 2 rings (SSSR count). The molecule has 0 fully saturated rings. The third-order valence-electron chi connectivity index (χ3n) is 4.05. The summed E-state index contributed by atoms with van der Waals surface area (Å²) in [5.74, 6) is 1.37. The van der Waals surface area contributed by atoms with Gasteiger partial charge in [-0.25, -0.2) is 0 Å². The Balaban J connectivity index is 2.25. The molecule has 2 aromatic rings. The van der Waals surface area contributed by atoms with E-state index in [1.165, 1.54) is 25.2 Å². The first kappa shape index (κ1) is 22.1. The Labute approximate surface area is 175 Å². The summed E-state index contributed by atoms with van der Waals surface area (Å²) >= 11 is 6.21. The molecule has 0 aliphatic heterocycles. The summed E-state index contributed by atoms with van der Waals surface area (Å²) in [4.78, 5) is 14.3. The number of methoxy groups -OCH3 is 2. The molecule has 0 spiro atoms. The van der Waals surface area contributed by atoms with Gasteiger partial charge in [0.1, 0.15) is 5.75 Å². The third-order valence-corrected chi connectivity index (χ3v) is 4.33. The van der Waals surface area contributed by atoms with Crippen molar-refractivity contribution in [1.82, 2.24) is 0 Å². The van der Waals surface area contributed by atoms with Gasteiger partial charge < -0.3 is 19.1 Å². The zero-order valence-electron chi connectivity index (χ0n) is 16.6. The highest BCUT2D eigenvalue weighted by molar-refractivity contribution is 6.32. The maximum absolute atomic E-state index is 12.8. The quantitative estimate of drug-likeness (QED) is 0.555. The van der Waals surface area contributed by atoms with Gasteiger partial charge in [-0.1, -0.05) is 11.6 Å². The van der Waals surface area contributed by atoms with Crippen LogP contribution in [0.3, 0.4) is 0 Å². The first-order chi connectivity index (χ1) is 14.0. The van der Waals surface area contributed by atoms with Crippen molar-refractivity contribution in [1.29, 1.82) is 5.26 Å². The molecule has 0 aliphatic rings. The third kappa shape index (κ3) is 5.90. The normalized spacial score (nSPS) is 10.4. The fourth-order valence-corrected chi connectivity index (χ4v) is 3.01. The predicted molar refractivity (Wildman–Crippen MR) is 114 cm³/mol. The Bertz CT molecular complexity index is 904. The fourth-order valence-electron chi connectivity index (χ4n) is 2.71. The molecule has 7 heteroatoms. The largest absolute Gasteiger partial charge is 0.494 e. The molecule has 0 saturated heterocycles. The second-order valence-corrected chi connectivity index (χ2v) is 6.30. The smallest absolute Gasteiger partial charge is 0.251 e. The van der Waals surface area contributed by atoms with E-state index in [4.69, 9.17) is 31.1 Å². The average Bonchev–Trinajstić information content (AvgIpc) is 2.73. The van der Waals surface area contributed by atoms with Gasteiger partial charge in [-0.05, 0) is 55.0 Å². The van der Waals surface area contributed by atoms with E-state index in [0.29, 0.717) is 34.4 Å². The summed E-state index contributed by atoms with van der Waals surface area (Å²) in [6.07, 6.45) is 3.30. The van der Waals surface area contributed by atoms with Gasteiger partial charge in [-0.3, -0.25) is 4.79 Å². The lowest BCUT2D eigenvalue weighted by Gasteiger charge is -2.20. The van der Waals surface area contributed by atoms with Crippen LogP contribution in [0.5, 0.6) is 17.2 Å². The number of carbonyl (C=O) groups is 1. The van der Waals surface area contributed by atoms with E-state index in [1.807, 2.05) is 6.92 Å². The monoisotopic (exact) mass is 414 g/mol. The van der Waals surface area contributed by atoms with Crippen LogP contribution in [-0.4, -0.2) is 33.3 Å². The molecule has 0 atom stereocenters. The number of benzene rings is 2. The number of rotatable bonds is 9. The number of halogens is 1. The van der Waals surface area contributed by atoms with Crippen LogP contribution in [-0.2, 0) is 4.79 Å². The highest BCUT2D eigenvalue weighted by atomic mass is 35.5. The lowest BCUT2D eigenvalue weighted by Crippen LogP contribution is -2.30. The molecule has 0 aromatic heterocycles. The van der Waals surface area contributed by atoms with Crippen molar-refractivity contribution in [2.24, 2.45) is 0 Å². The SMILES string of the molecule is CCOc1ccc(N(CCC#N)C(=O)/C=C/c2cc(Cl)c(OC)c(OC)c2)cc1. The van der Waals surface area contributed by atoms with Gasteiger partial charge in [0.15, 0.2) is 11.5 Å². The van der Waals surface area contributed by atoms with E-state index in [1.54, 1.807) is 42.5 Å². The fraction of sp³-hybridized carbons (Fsp3) is 0.273. The molecule has 6 nitrogen and oxygen atoms in total. The van der Waals surface area contributed by atoms with E-state index in [-0.39, 0.29) is 18.9 Å². The van der Waals surface area contributed by atoms with Crippen LogP contribution in [0, 0.1) is 11.3 Å². The number of nitrogens with zero attached hydrogens (tertiary/aromatic N) is 2. The minimum Gasteiger partial charge on any atom is -0.494 e. The zero-order chi connectivity index (χ0) is 21.2. The summed E-state index contributed by atoms with van der Waals surface area (Å²) in [7, 11) is 3.02. The second kappa shape index (κ2) is 11.0. The second-order valence-electron chi connectivity index (χ2n) is 5.90. The molecule has 0 radical (unpaired) electrons. The zero-order valence-corrected chi connectivity index (χ0v) is 17.4. The van der Waals surface area contributed by atoms with E-state index in [2.05, 4.69) is 6.07 Å². The molecule has 1 amide bonds. The molecule has 0 unspecified atom stereocenters. The number of ether oxygens (including phenoxy) is 3. The van der Waals surface area contributed by atoms with Gasteiger partial charge in [-0.15, -0.1) is 0 Å². The van der Waals surface area contributed by atoms with Gasteiger partial charge in [-0.2, -0.15) is 5.26 Å². The Kier molecular flexibility index (Phi) is 8.38. The van der Waals surface area contributed by atoms with Crippen molar-refractivity contribution >= 4 is 29.3 Å². The lowest BCUT2D eigenvalue weighted by atomic mass is 10.1. The number of nitriles is 1. The number of hydrogen-bond donors (Lipinski definition) is 0. The molecule has 0 heterocycles. The Hall–Kier alpha value is -3.17. The number of hydrogen-bond acceptors (Lipinski definition) is 5. The maximum atomic E-state index is 12.8. The Morgan fingerprint density at radius 2 is 1.93 bits per heavy atom. The van der Waals surface area contributed by atoms with Crippen molar-refractivity contribution in [3.8, 4) is 23.3 Å². The van der Waals surface area contributed by atoms with Crippen LogP contribution in [0.15, 0.2) is 42.5 Å². The van der Waals surface area contributed by atoms with Crippen molar-refractivity contribution < 1.29 is 19.0 Å². The van der Waals surface area contributed by atoms with Crippen LogP contribution in [0.2, 0.25) is 5.02 Å². The highest BCUT2D eigenvalue weighted by Gasteiger charge is 2.14. The summed E-state index contributed by atoms with van der Waals surface area (Å²) in [5, 5.41) is 9.32. The Morgan fingerprint density at radius 3 is 2.52 bits per heavy atom. The van der Waals surface area contributed by atoms with E-state index >= 15 is 0 Å². The van der Waals surface area contributed by atoms with Gasteiger partial charge in [0.2, 0.25) is 0 Å². The van der Waals surface area contributed by atoms with Crippen molar-refractivity contribution in [2.75, 3.05) is 32.3 Å². The van der Waals surface area contributed by atoms with Crippen molar-refractivity contribution in [3.63, 3.8) is 0 Å². The molecular formula is C22H23ClN2O4. The minimum atomic E-state index is -0.254. The van der Waals surface area contributed by atoms with Crippen LogP contribution in [0.25, 0.3) is 6.08 Å². The molecule has 0 N–H and O–H groups in total. The van der Waals surface area contributed by atoms with Crippen LogP contribution < -0.4 is 19.1 Å². The summed E-state index contributed by atoms with van der Waals surface area (Å²) in [6.45, 7) is 2.75. The average molecular weight is 415 g/mol. The summed E-state index contributed by atoms with van der Waals surface area (Å²) in [5.41, 5.74) is 1.37. The number of carbonyl (C=O) groups excluding carboxylic acids is 1. The van der Waals surface area contributed by atoms with E-state index in [0.717, 1.165) is 5.75 Å². The van der Waals surface area contributed by atoms with E-state index in [9.17, 15) is 4.79 Å². The summed E-state index contributed by atoms with van der Waals surface area (Å²) in [6, 6.07) is 12.7. The van der Waals surface area contributed by atoms with Crippen LogP contribution in [0.4, 0.5) is 5.69 Å². The molecule has 0 saturated carbocycles. The lowest BCUT2D eigenvalue weighted by molar-refractivity contribution is -0.114. The van der Waals surface area contributed by atoms with Crippen molar-refractivity contribution in [2.45, 2.75) is 13.3 Å². The molecule has 0 bridgehead atoms. The number of anilines is 1. The predicted octanol–water partition coefficient (Wildman–Crippen LogP) is 4.72. The first-order valence-electron chi connectivity index (χ1n) is 9.05. The van der Waals surface area contributed by atoms with Gasteiger partial charge in [0.05, 0.1) is 38.3 Å². The maximum Gasteiger partial charge on any atom is 0.251 e. The highest BCUT2D eigenvalue weighted by Crippen LogP contribution is 2.36. The first-order valence-corrected chi connectivity index (χ1v) is 9.42. The Morgan fingerprint density at radius 1 is 1.21 bits per heavy atom. The topological polar surface area (TPSA) is 71.8 Å². The van der Waals surface area contributed by atoms with E-state index < -0.39 is 0 Å². The minimum absolute atomic E-state index is 0.217. The molecular weight excluding hydrogens is 392 g/mol. The molecule has 29 heavy (non-hydrogen) atoms. The standard InChI is InChI=1S/C22H23ClN2O4/c1-4-29-18-9-7-17(8-10-18)25(13-5-12-24)21(26)11-6-16-14-19(23)22(28-3)20(15-16)27-2/h6-11,14-15H,4-5,13H2,1-3H3/b11-6+. The number of amides is 1. The van der Waals surface area contributed by atoms with Gasteiger partial charge in [0.25, 0.3) is 5.91 Å². The summed E-state index contributed by atoms with van der Waals surface area (Å²) < 4.78 is 15.9. The van der Waals surface area contributed by atoms with Gasteiger partial charge >= 0.3 is 0 Å². The molecule has 2 aromatic carbocycles. The van der Waals surface area contributed by atoms with Crippen LogP contribution in [0.1, 0.15) is 18.9 Å². The van der Waals surface area contributed by atoms with Crippen LogP contribution >= 0.6 is 11.6 Å². The van der Waals surface area contributed by atoms with Crippen molar-refractivity contribution in [3.05, 3.63) is 53.1 Å². The molecule has 152 valence electrons. The molecule has 0 aliphatic carbocycles. The van der Waals surface area contributed by atoms with Gasteiger partial charge in [0, 0.05) is 18.3 Å².